The smallest absolute Gasteiger partial charge is 0.246 e. The number of hydrogen-bond acceptors (Lipinski definition) is 6. The Morgan fingerprint density at radius 1 is 1.09 bits per heavy atom. The normalized spacial score (nSPS) is 18.5. The van der Waals surface area contributed by atoms with Gasteiger partial charge in [-0.25, -0.2) is 13.5 Å². The number of aromatic nitrogens is 3. The lowest BCUT2D eigenvalue weighted by Gasteiger charge is -2.47. The molecule has 0 bridgehead atoms. The van der Waals surface area contributed by atoms with Crippen LogP contribution in [-0.2, 0) is 4.74 Å². The van der Waals surface area contributed by atoms with Crippen LogP contribution in [0.15, 0.2) is 42.7 Å². The van der Waals surface area contributed by atoms with Crippen molar-refractivity contribution in [1.29, 1.82) is 0 Å². The lowest BCUT2D eigenvalue weighted by Crippen LogP contribution is -2.60. The maximum atomic E-state index is 13.5. The third-order valence-corrected chi connectivity index (χ3v) is 6.53. The van der Waals surface area contributed by atoms with Gasteiger partial charge in [-0.2, -0.15) is 4.98 Å². The first-order valence-electron chi connectivity index (χ1n) is 11.8. The van der Waals surface area contributed by atoms with Crippen molar-refractivity contribution in [3.8, 4) is 5.69 Å². The average Bonchev–Trinajstić information content (AvgIpc) is 3.43. The lowest BCUT2D eigenvalue weighted by molar-refractivity contribution is 0.0531. The molecule has 2 fully saturated rings. The fourth-order valence-corrected chi connectivity index (χ4v) is 4.75. The Morgan fingerprint density at radius 3 is 2.59 bits per heavy atom. The van der Waals surface area contributed by atoms with Gasteiger partial charge in [0, 0.05) is 49.7 Å². The Kier molecular flexibility index (Phi) is 6.47. The summed E-state index contributed by atoms with van der Waals surface area (Å²) in [5.41, 5.74) is 3.42. The molecule has 5 rings (SSSR count). The molecule has 2 aliphatic rings. The molecule has 1 N–H and O–H groups in total. The average molecular weight is 469 g/mol. The van der Waals surface area contributed by atoms with Crippen LogP contribution >= 0.6 is 0 Å². The molecule has 0 saturated carbocycles. The molecule has 2 aliphatic heterocycles. The van der Waals surface area contributed by atoms with Gasteiger partial charge < -0.3 is 15.0 Å². The maximum Gasteiger partial charge on any atom is 0.246 e. The van der Waals surface area contributed by atoms with E-state index in [1.165, 1.54) is 29.6 Å². The lowest BCUT2D eigenvalue weighted by atomic mass is 10.0. The van der Waals surface area contributed by atoms with Crippen molar-refractivity contribution in [2.75, 3.05) is 43.0 Å². The first-order chi connectivity index (χ1) is 16.5. The summed E-state index contributed by atoms with van der Waals surface area (Å²) in [7, 11) is 0. The molecule has 180 valence electrons. The first-order valence-corrected chi connectivity index (χ1v) is 11.8. The Morgan fingerprint density at radius 2 is 1.88 bits per heavy atom. The standard InChI is InChI=1S/C25H30F2N6O/c1-3-31(15-24-5-4-6-34-24)23-13-32(14-23)21-8-17(2)7-20(12-21)29-25-28-16-33(30-25)22-10-18(26)9-19(27)11-22/h7-12,16,23-24H,3-6,13-15H2,1-2H3,(H,29,30). The Hall–Kier alpha value is -3.04. The summed E-state index contributed by atoms with van der Waals surface area (Å²) in [6, 6.07) is 10.1. The maximum absolute atomic E-state index is 13.5. The van der Waals surface area contributed by atoms with Gasteiger partial charge in [-0.15, -0.1) is 5.10 Å². The van der Waals surface area contributed by atoms with Gasteiger partial charge in [0.25, 0.3) is 0 Å². The van der Waals surface area contributed by atoms with Crippen LogP contribution in [0, 0.1) is 18.6 Å². The molecule has 0 amide bonds. The van der Waals surface area contributed by atoms with Crippen LogP contribution in [0.25, 0.3) is 5.69 Å². The Bertz CT molecular complexity index is 1120. The number of ether oxygens (including phenoxy) is 1. The third kappa shape index (κ3) is 5.05. The van der Waals surface area contributed by atoms with Gasteiger partial charge in [-0.3, -0.25) is 4.90 Å². The number of benzene rings is 2. The van der Waals surface area contributed by atoms with Crippen LogP contribution in [0.3, 0.4) is 0 Å². The highest BCUT2D eigenvalue weighted by atomic mass is 19.1. The molecule has 0 radical (unpaired) electrons. The van der Waals surface area contributed by atoms with Crippen molar-refractivity contribution in [3.05, 3.63) is 59.9 Å². The molecule has 1 atom stereocenters. The van der Waals surface area contributed by atoms with Crippen molar-refractivity contribution in [2.24, 2.45) is 0 Å². The van der Waals surface area contributed by atoms with E-state index >= 15 is 0 Å². The molecule has 2 saturated heterocycles. The summed E-state index contributed by atoms with van der Waals surface area (Å²) in [5.74, 6) is -0.960. The second-order valence-corrected chi connectivity index (χ2v) is 9.10. The number of nitrogens with one attached hydrogen (secondary N) is 1. The van der Waals surface area contributed by atoms with Crippen LogP contribution < -0.4 is 10.2 Å². The van der Waals surface area contributed by atoms with Crippen LogP contribution in [0.1, 0.15) is 25.3 Å². The fraction of sp³-hybridized carbons (Fsp3) is 0.440. The number of likely N-dealkylation sites (N-methyl/N-ethyl adjacent to an activating group) is 1. The van der Waals surface area contributed by atoms with Gasteiger partial charge in [-0.05, 0) is 62.2 Å². The molecule has 0 spiro atoms. The highest BCUT2D eigenvalue weighted by molar-refractivity contribution is 5.65. The Balaban J connectivity index is 1.24. The van der Waals surface area contributed by atoms with Gasteiger partial charge in [0.2, 0.25) is 5.95 Å². The molecule has 2 aromatic carbocycles. The van der Waals surface area contributed by atoms with Crippen molar-refractivity contribution in [3.63, 3.8) is 0 Å². The van der Waals surface area contributed by atoms with Crippen molar-refractivity contribution in [1.82, 2.24) is 19.7 Å². The minimum atomic E-state index is -0.659. The zero-order chi connectivity index (χ0) is 23.7. The molecule has 1 aromatic heterocycles. The van der Waals surface area contributed by atoms with Gasteiger partial charge in [0.1, 0.15) is 18.0 Å². The van der Waals surface area contributed by atoms with E-state index in [0.717, 1.165) is 62.2 Å². The van der Waals surface area contributed by atoms with Crippen LogP contribution in [0.5, 0.6) is 0 Å². The summed E-state index contributed by atoms with van der Waals surface area (Å²) in [6.45, 7) is 9.19. The molecule has 1 unspecified atom stereocenters. The monoisotopic (exact) mass is 468 g/mol. The number of rotatable bonds is 8. The zero-order valence-corrected chi connectivity index (χ0v) is 19.5. The number of nitrogens with zero attached hydrogens (tertiary/aromatic N) is 5. The predicted octanol–water partition coefficient (Wildman–Crippen LogP) is 4.29. The summed E-state index contributed by atoms with van der Waals surface area (Å²) >= 11 is 0. The van der Waals surface area contributed by atoms with E-state index in [4.69, 9.17) is 4.74 Å². The van der Waals surface area contributed by atoms with Crippen LogP contribution in [-0.4, -0.2) is 64.6 Å². The predicted molar refractivity (Wildman–Crippen MR) is 128 cm³/mol. The van der Waals surface area contributed by atoms with E-state index in [1.54, 1.807) is 0 Å². The van der Waals surface area contributed by atoms with Crippen molar-refractivity contribution in [2.45, 2.75) is 38.8 Å². The molecule has 34 heavy (non-hydrogen) atoms. The largest absolute Gasteiger partial charge is 0.377 e. The topological polar surface area (TPSA) is 58.5 Å². The second-order valence-electron chi connectivity index (χ2n) is 9.10. The number of halogens is 2. The highest BCUT2D eigenvalue weighted by Crippen LogP contribution is 2.29. The molecular weight excluding hydrogens is 438 g/mol. The number of anilines is 3. The summed E-state index contributed by atoms with van der Waals surface area (Å²) in [6.07, 6.45) is 4.14. The molecule has 3 aromatic rings. The molecular formula is C25H30F2N6O. The summed E-state index contributed by atoms with van der Waals surface area (Å²) < 4.78 is 34.3. The molecule has 3 heterocycles. The Labute approximate surface area is 198 Å². The van der Waals surface area contributed by atoms with Crippen LogP contribution in [0.2, 0.25) is 0 Å². The van der Waals surface area contributed by atoms with E-state index < -0.39 is 11.6 Å². The van der Waals surface area contributed by atoms with E-state index in [0.29, 0.717) is 18.1 Å². The quantitative estimate of drug-likeness (QED) is 0.532. The van der Waals surface area contributed by atoms with Gasteiger partial charge in [0.15, 0.2) is 0 Å². The molecule has 9 heteroatoms. The number of hydrogen-bond donors (Lipinski definition) is 1. The summed E-state index contributed by atoms with van der Waals surface area (Å²) in [5, 5.41) is 7.54. The van der Waals surface area contributed by atoms with E-state index in [1.807, 2.05) is 6.07 Å². The van der Waals surface area contributed by atoms with Gasteiger partial charge in [-0.1, -0.05) is 6.92 Å². The van der Waals surface area contributed by atoms with Crippen LogP contribution in [0.4, 0.5) is 26.1 Å². The van der Waals surface area contributed by atoms with Gasteiger partial charge >= 0.3 is 0 Å². The fourth-order valence-electron chi connectivity index (χ4n) is 4.75. The minimum absolute atomic E-state index is 0.276. The number of aryl methyl sites for hydroxylation is 1. The van der Waals surface area contributed by atoms with Gasteiger partial charge in [0.05, 0.1) is 11.8 Å². The summed E-state index contributed by atoms with van der Waals surface area (Å²) in [4.78, 5) is 9.16. The molecule has 0 aliphatic carbocycles. The minimum Gasteiger partial charge on any atom is -0.377 e. The SMILES string of the molecule is CCN(CC1CCCO1)C1CN(c2cc(C)cc(Nc3ncn(-c4cc(F)cc(F)c4)n3)c2)C1. The first kappa shape index (κ1) is 22.7. The van der Waals surface area contributed by atoms with E-state index in [-0.39, 0.29) is 5.69 Å². The highest BCUT2D eigenvalue weighted by Gasteiger charge is 2.33. The molecule has 7 nitrogen and oxygen atoms in total. The van der Waals surface area contributed by atoms with E-state index in [2.05, 4.69) is 51.2 Å². The van der Waals surface area contributed by atoms with E-state index in [9.17, 15) is 8.78 Å². The van der Waals surface area contributed by atoms with Crippen molar-refractivity contribution >= 4 is 17.3 Å². The second kappa shape index (κ2) is 9.68. The third-order valence-electron chi connectivity index (χ3n) is 6.53. The van der Waals surface area contributed by atoms with Crippen molar-refractivity contribution < 1.29 is 13.5 Å². The zero-order valence-electron chi connectivity index (χ0n) is 19.5.